The Hall–Kier alpha value is -3.01. The van der Waals surface area contributed by atoms with Gasteiger partial charge in [-0.05, 0) is 77.0 Å². The van der Waals surface area contributed by atoms with E-state index in [0.29, 0.717) is 17.4 Å². The van der Waals surface area contributed by atoms with Crippen molar-refractivity contribution in [3.63, 3.8) is 0 Å². The van der Waals surface area contributed by atoms with Crippen LogP contribution in [-0.2, 0) is 33.3 Å². The molecule has 0 aromatic heterocycles. The zero-order chi connectivity index (χ0) is 43.5. The summed E-state index contributed by atoms with van der Waals surface area (Å²) in [6.07, 6.45) is 47.1. The molecule has 0 saturated heterocycles. The molecule has 59 heavy (non-hydrogen) atoms. The Morgan fingerprint density at radius 1 is 0.525 bits per heavy atom. The van der Waals surface area contributed by atoms with Gasteiger partial charge in [-0.25, -0.2) is 4.79 Å². The van der Waals surface area contributed by atoms with E-state index in [1.54, 1.807) is 0 Å². The molecule has 0 radical (unpaired) electrons. The van der Waals surface area contributed by atoms with Gasteiger partial charge in [0, 0.05) is 12.8 Å². The highest BCUT2D eigenvalue weighted by molar-refractivity contribution is 5.71. The number of nitrogens with zero attached hydrogens (tertiary/aromatic N) is 1. The van der Waals surface area contributed by atoms with E-state index in [1.807, 2.05) is 21.1 Å². The molecule has 0 spiro atoms. The van der Waals surface area contributed by atoms with Gasteiger partial charge in [-0.3, -0.25) is 9.59 Å². The van der Waals surface area contributed by atoms with Gasteiger partial charge < -0.3 is 28.5 Å². The number of aliphatic carboxylic acids is 1. The van der Waals surface area contributed by atoms with E-state index >= 15 is 0 Å². The second-order valence-electron chi connectivity index (χ2n) is 16.7. The second kappa shape index (κ2) is 41.7. The van der Waals surface area contributed by atoms with E-state index in [0.717, 1.165) is 57.8 Å². The van der Waals surface area contributed by atoms with E-state index in [9.17, 15) is 19.5 Å². The second-order valence-corrected chi connectivity index (χ2v) is 16.7. The summed E-state index contributed by atoms with van der Waals surface area (Å²) in [5.41, 5.74) is 0. The highest BCUT2D eigenvalue weighted by Gasteiger charge is 2.25. The number of unbranched alkanes of at least 4 members (excludes halogenated alkanes) is 17. The van der Waals surface area contributed by atoms with Gasteiger partial charge in [-0.2, -0.15) is 0 Å². The van der Waals surface area contributed by atoms with Gasteiger partial charge in [-0.1, -0.05) is 152 Å². The fourth-order valence-electron chi connectivity index (χ4n) is 6.11. The lowest BCUT2D eigenvalue weighted by atomic mass is 10.1. The van der Waals surface area contributed by atoms with Crippen molar-refractivity contribution in [1.29, 1.82) is 0 Å². The van der Waals surface area contributed by atoms with Gasteiger partial charge in [0.25, 0.3) is 6.29 Å². The number of rotatable bonds is 42. The lowest BCUT2D eigenvalue weighted by Gasteiger charge is -2.25. The van der Waals surface area contributed by atoms with Crippen molar-refractivity contribution in [1.82, 2.24) is 0 Å². The van der Waals surface area contributed by atoms with Crippen molar-refractivity contribution in [3.8, 4) is 0 Å². The normalized spacial score (nSPS) is 13.4. The SMILES string of the molecule is CC/C=C\C/C=C\C/C=C\C/C=C\CCCCC(=O)OC(COC(=O)CCCCCCCCCCC/C=C\CCCCCCCC)COC(OCC[N+](C)(C)C)C(=O)O. The zero-order valence-corrected chi connectivity index (χ0v) is 38.4. The third kappa shape index (κ3) is 42.9. The number of hydrogen-bond acceptors (Lipinski definition) is 7. The van der Waals surface area contributed by atoms with Crippen LogP contribution in [-0.4, -0.2) is 87.4 Å². The predicted molar refractivity (Wildman–Crippen MR) is 244 cm³/mol. The van der Waals surface area contributed by atoms with Gasteiger partial charge in [0.05, 0.1) is 34.4 Å². The van der Waals surface area contributed by atoms with Gasteiger partial charge in [0.2, 0.25) is 0 Å². The maximum atomic E-state index is 12.7. The van der Waals surface area contributed by atoms with Gasteiger partial charge >= 0.3 is 17.9 Å². The van der Waals surface area contributed by atoms with E-state index in [2.05, 4.69) is 74.6 Å². The minimum atomic E-state index is -1.52. The van der Waals surface area contributed by atoms with Gasteiger partial charge in [-0.15, -0.1) is 0 Å². The molecule has 340 valence electrons. The van der Waals surface area contributed by atoms with E-state index in [4.69, 9.17) is 18.9 Å². The summed E-state index contributed by atoms with van der Waals surface area (Å²) in [5, 5.41) is 9.64. The fourth-order valence-corrected chi connectivity index (χ4v) is 6.11. The predicted octanol–water partition coefficient (Wildman–Crippen LogP) is 12.6. The molecule has 0 rings (SSSR count). The Bertz CT molecular complexity index is 1150. The number of ether oxygens (including phenoxy) is 4. The van der Waals surface area contributed by atoms with Crippen molar-refractivity contribution in [2.24, 2.45) is 0 Å². The summed E-state index contributed by atoms with van der Waals surface area (Å²) >= 11 is 0. The first-order chi connectivity index (χ1) is 28.6. The van der Waals surface area contributed by atoms with Gasteiger partial charge in [0.15, 0.2) is 6.10 Å². The number of allylic oxidation sites excluding steroid dienone is 10. The van der Waals surface area contributed by atoms with E-state index in [-0.39, 0.29) is 38.6 Å². The minimum absolute atomic E-state index is 0.177. The largest absolute Gasteiger partial charge is 0.477 e. The van der Waals surface area contributed by atoms with Gasteiger partial charge in [0.1, 0.15) is 13.2 Å². The monoisotopic (exact) mass is 831 g/mol. The number of quaternary nitrogens is 1. The minimum Gasteiger partial charge on any atom is -0.477 e. The molecule has 9 heteroatoms. The summed E-state index contributed by atoms with van der Waals surface area (Å²) in [6.45, 7) is 4.69. The van der Waals surface area contributed by atoms with Crippen molar-refractivity contribution >= 4 is 17.9 Å². The molecule has 0 amide bonds. The Labute approximate surface area is 361 Å². The van der Waals surface area contributed by atoms with Crippen LogP contribution in [0.2, 0.25) is 0 Å². The van der Waals surface area contributed by atoms with Crippen LogP contribution in [0.15, 0.2) is 60.8 Å². The lowest BCUT2D eigenvalue weighted by molar-refractivity contribution is -0.870. The fraction of sp³-hybridized carbons (Fsp3) is 0.740. The average molecular weight is 831 g/mol. The molecule has 0 aliphatic heterocycles. The molecule has 0 aromatic rings. The van der Waals surface area contributed by atoms with Crippen LogP contribution in [0.25, 0.3) is 0 Å². The Morgan fingerprint density at radius 3 is 1.49 bits per heavy atom. The maximum absolute atomic E-state index is 12.7. The zero-order valence-electron chi connectivity index (χ0n) is 38.4. The molecule has 0 heterocycles. The van der Waals surface area contributed by atoms with Crippen molar-refractivity contribution in [2.75, 3.05) is 47.5 Å². The first-order valence-electron chi connectivity index (χ1n) is 23.5. The maximum Gasteiger partial charge on any atom is 0.361 e. The number of carbonyl (C=O) groups is 3. The number of hydrogen-bond donors (Lipinski definition) is 1. The molecule has 2 unspecified atom stereocenters. The molecule has 0 aromatic carbocycles. The molecular formula is C50H88NO8+. The molecule has 0 saturated carbocycles. The first-order valence-corrected chi connectivity index (χ1v) is 23.5. The third-order valence-electron chi connectivity index (χ3n) is 9.76. The molecule has 1 N–H and O–H groups in total. The van der Waals surface area contributed by atoms with Crippen LogP contribution >= 0.6 is 0 Å². The Balaban J connectivity index is 4.45. The average Bonchev–Trinajstić information content (AvgIpc) is 3.19. The number of carboxylic acids is 1. The molecular weight excluding hydrogens is 743 g/mol. The van der Waals surface area contributed by atoms with E-state index in [1.165, 1.54) is 89.9 Å². The highest BCUT2D eigenvalue weighted by atomic mass is 16.7. The summed E-state index contributed by atoms with van der Waals surface area (Å²) in [4.78, 5) is 37.1. The van der Waals surface area contributed by atoms with Crippen LogP contribution in [0.5, 0.6) is 0 Å². The van der Waals surface area contributed by atoms with Crippen molar-refractivity contribution < 1.29 is 42.9 Å². The number of likely N-dealkylation sites (N-methyl/N-ethyl adjacent to an activating group) is 1. The highest BCUT2D eigenvalue weighted by Crippen LogP contribution is 2.14. The summed E-state index contributed by atoms with van der Waals surface area (Å²) in [6, 6.07) is 0. The quantitative estimate of drug-likeness (QED) is 0.0213. The summed E-state index contributed by atoms with van der Waals surface area (Å²) < 4.78 is 22.7. The molecule has 0 fully saturated rings. The lowest BCUT2D eigenvalue weighted by Crippen LogP contribution is -2.40. The smallest absolute Gasteiger partial charge is 0.361 e. The Kier molecular flexibility index (Phi) is 39.6. The third-order valence-corrected chi connectivity index (χ3v) is 9.76. The molecule has 0 bridgehead atoms. The van der Waals surface area contributed by atoms with Crippen LogP contribution < -0.4 is 0 Å². The van der Waals surface area contributed by atoms with Crippen molar-refractivity contribution in [2.45, 2.75) is 193 Å². The van der Waals surface area contributed by atoms with Crippen LogP contribution in [0.3, 0.4) is 0 Å². The topological polar surface area (TPSA) is 108 Å². The molecule has 0 aliphatic carbocycles. The van der Waals surface area contributed by atoms with Crippen molar-refractivity contribution in [3.05, 3.63) is 60.8 Å². The number of carboxylic acid groups (broad SMARTS) is 1. The number of carbonyl (C=O) groups excluding carboxylic acids is 2. The van der Waals surface area contributed by atoms with Crippen LogP contribution in [0.1, 0.15) is 181 Å². The molecule has 0 aliphatic rings. The molecule has 2 atom stereocenters. The number of esters is 2. The first kappa shape index (κ1) is 56.0. The summed E-state index contributed by atoms with van der Waals surface area (Å²) in [5.74, 6) is -2.07. The molecule has 9 nitrogen and oxygen atoms in total. The Morgan fingerprint density at radius 2 is 0.966 bits per heavy atom. The summed E-state index contributed by atoms with van der Waals surface area (Å²) in [7, 11) is 5.94. The van der Waals surface area contributed by atoms with E-state index < -0.39 is 24.3 Å². The standard InChI is InChI=1S/C50H87NO8/c1-6-8-10-12-14-16-18-20-22-23-24-25-27-28-30-32-34-36-38-40-47(52)57-44-46(45-58-50(49(54)55)56-43-42-51(3,4)5)59-48(53)41-39-37-35-33-31-29-26-21-19-17-15-13-11-9-7-2/h9,11,15,17,20-22,26,31,33,46,50H,6-8,10,12-14,16,18-19,23-25,27-30,32,34-45H2,1-5H3/p+1/b11-9-,17-15-,22-20-,26-21-,33-31-. The van der Waals surface area contributed by atoms with Crippen LogP contribution in [0, 0.1) is 0 Å². The van der Waals surface area contributed by atoms with Crippen LogP contribution in [0.4, 0.5) is 0 Å².